The Hall–Kier alpha value is -2.67. The Labute approximate surface area is 154 Å². The third-order valence-electron chi connectivity index (χ3n) is 4.44. The van der Waals surface area contributed by atoms with Crippen LogP contribution in [0.15, 0.2) is 36.7 Å². The fourth-order valence-corrected chi connectivity index (χ4v) is 2.80. The quantitative estimate of drug-likeness (QED) is 0.829. The third kappa shape index (κ3) is 4.70. The number of nitrogens with zero attached hydrogens (tertiary/aromatic N) is 4. The van der Waals surface area contributed by atoms with Crippen LogP contribution >= 0.6 is 0 Å². The summed E-state index contributed by atoms with van der Waals surface area (Å²) in [5, 5.41) is 5.98. The van der Waals surface area contributed by atoms with E-state index in [1.165, 1.54) is 5.69 Å². The normalized spacial score (nSPS) is 14.9. The summed E-state index contributed by atoms with van der Waals surface area (Å²) in [5.41, 5.74) is 2.39. The molecule has 1 aromatic heterocycles. The van der Waals surface area contributed by atoms with E-state index in [1.807, 2.05) is 12.1 Å². The second-order valence-corrected chi connectivity index (χ2v) is 6.51. The summed E-state index contributed by atoms with van der Waals surface area (Å²) in [6.07, 6.45) is 4.08. The molecule has 7 heteroatoms. The molecule has 0 atom stereocenters. The molecule has 138 valence electrons. The smallest absolute Gasteiger partial charge is 0.258 e. The molecular weight excluding hydrogens is 328 g/mol. The molecule has 1 amide bonds. The molecule has 1 aliphatic heterocycles. The average Bonchev–Trinajstić information content (AvgIpc) is 2.68. The highest BCUT2D eigenvalue weighted by Crippen LogP contribution is 2.19. The maximum atomic E-state index is 12.3. The van der Waals surface area contributed by atoms with Gasteiger partial charge in [0, 0.05) is 56.5 Å². The van der Waals surface area contributed by atoms with Gasteiger partial charge in [-0.3, -0.25) is 4.79 Å². The highest BCUT2D eigenvalue weighted by molar-refractivity contribution is 6.03. The fraction of sp³-hybridized carbons (Fsp3) is 0.421. The number of piperazine rings is 1. The Balaban J connectivity index is 1.57. The molecule has 1 fully saturated rings. The Bertz CT molecular complexity index is 708. The van der Waals surface area contributed by atoms with Crippen molar-refractivity contribution < 1.29 is 4.79 Å². The molecule has 0 bridgehead atoms. The monoisotopic (exact) mass is 354 g/mol. The van der Waals surface area contributed by atoms with Crippen LogP contribution in [0.25, 0.3) is 0 Å². The van der Waals surface area contributed by atoms with Crippen molar-refractivity contribution >= 4 is 23.2 Å². The van der Waals surface area contributed by atoms with Gasteiger partial charge in [0.25, 0.3) is 5.91 Å². The first-order valence-corrected chi connectivity index (χ1v) is 9.06. The maximum Gasteiger partial charge on any atom is 0.258 e. The van der Waals surface area contributed by atoms with Crippen molar-refractivity contribution in [3.63, 3.8) is 0 Å². The van der Waals surface area contributed by atoms with Crippen molar-refractivity contribution in [3.05, 3.63) is 42.2 Å². The lowest BCUT2D eigenvalue weighted by Gasteiger charge is -2.34. The third-order valence-corrected chi connectivity index (χ3v) is 4.44. The number of hydrogen-bond donors (Lipinski definition) is 2. The molecule has 2 N–H and O–H groups in total. The van der Waals surface area contributed by atoms with E-state index in [4.69, 9.17) is 0 Å². The molecule has 0 radical (unpaired) electrons. The summed E-state index contributed by atoms with van der Waals surface area (Å²) in [5.74, 6) is 0.333. The van der Waals surface area contributed by atoms with Crippen molar-refractivity contribution in [1.82, 2.24) is 14.9 Å². The van der Waals surface area contributed by atoms with Gasteiger partial charge in [-0.1, -0.05) is 6.92 Å². The molecule has 0 unspecified atom stereocenters. The average molecular weight is 354 g/mol. The molecule has 0 saturated carbocycles. The number of aromatic nitrogens is 2. The van der Waals surface area contributed by atoms with Gasteiger partial charge >= 0.3 is 0 Å². The van der Waals surface area contributed by atoms with E-state index >= 15 is 0 Å². The Morgan fingerprint density at radius 1 is 1.08 bits per heavy atom. The van der Waals surface area contributed by atoms with E-state index in [1.54, 1.807) is 12.4 Å². The van der Waals surface area contributed by atoms with Crippen LogP contribution in [0.5, 0.6) is 0 Å². The number of carbonyl (C=O) groups excluding carboxylic acids is 1. The second-order valence-electron chi connectivity index (χ2n) is 6.51. The lowest BCUT2D eigenvalue weighted by atomic mass is 10.2. The van der Waals surface area contributed by atoms with E-state index in [0.29, 0.717) is 11.5 Å². The Kier molecular flexibility index (Phi) is 6.01. The van der Waals surface area contributed by atoms with Gasteiger partial charge in [-0.05, 0) is 37.7 Å². The molecule has 1 aromatic carbocycles. The standard InChI is InChI=1S/C19H26N6O/c1-3-8-20-19-21-13-15(14-22-19)18(26)23-16-4-6-17(7-5-16)25-11-9-24(2)10-12-25/h4-7,13-14H,3,8-12H2,1-2H3,(H,23,26)(H,20,21,22). The van der Waals surface area contributed by atoms with Crippen LogP contribution in [0.2, 0.25) is 0 Å². The largest absolute Gasteiger partial charge is 0.369 e. The molecule has 1 aliphatic rings. The Morgan fingerprint density at radius 3 is 2.35 bits per heavy atom. The zero-order chi connectivity index (χ0) is 18.4. The van der Waals surface area contributed by atoms with Gasteiger partial charge in [-0.15, -0.1) is 0 Å². The zero-order valence-electron chi connectivity index (χ0n) is 15.4. The van der Waals surface area contributed by atoms with E-state index < -0.39 is 0 Å². The summed E-state index contributed by atoms with van der Waals surface area (Å²) in [7, 11) is 2.14. The summed E-state index contributed by atoms with van der Waals surface area (Å²) in [6, 6.07) is 7.97. The number of likely N-dealkylation sites (N-methyl/N-ethyl adjacent to an activating group) is 1. The van der Waals surface area contributed by atoms with Gasteiger partial charge in [0.05, 0.1) is 5.56 Å². The predicted molar refractivity (Wildman–Crippen MR) is 105 cm³/mol. The summed E-state index contributed by atoms with van der Waals surface area (Å²) in [6.45, 7) is 7.08. The lowest BCUT2D eigenvalue weighted by Crippen LogP contribution is -2.44. The molecule has 2 heterocycles. The fourth-order valence-electron chi connectivity index (χ4n) is 2.80. The van der Waals surface area contributed by atoms with Gasteiger partial charge in [0.1, 0.15) is 0 Å². The SMILES string of the molecule is CCCNc1ncc(C(=O)Nc2ccc(N3CCN(C)CC3)cc2)cn1. The van der Waals surface area contributed by atoms with E-state index in [9.17, 15) is 4.79 Å². The van der Waals surface area contributed by atoms with Crippen LogP contribution < -0.4 is 15.5 Å². The highest BCUT2D eigenvalue weighted by atomic mass is 16.1. The summed E-state index contributed by atoms with van der Waals surface area (Å²) < 4.78 is 0. The zero-order valence-corrected chi connectivity index (χ0v) is 15.4. The summed E-state index contributed by atoms with van der Waals surface area (Å²) >= 11 is 0. The molecule has 0 aliphatic carbocycles. The number of carbonyl (C=O) groups is 1. The molecule has 1 saturated heterocycles. The first-order valence-electron chi connectivity index (χ1n) is 9.06. The number of rotatable bonds is 6. The van der Waals surface area contributed by atoms with Crippen LogP contribution in [0.1, 0.15) is 23.7 Å². The second kappa shape index (κ2) is 8.62. The number of nitrogens with one attached hydrogen (secondary N) is 2. The molecular formula is C19H26N6O. The molecule has 0 spiro atoms. The van der Waals surface area contributed by atoms with Gasteiger partial charge < -0.3 is 20.4 Å². The van der Waals surface area contributed by atoms with Gasteiger partial charge in [-0.2, -0.15) is 0 Å². The lowest BCUT2D eigenvalue weighted by molar-refractivity contribution is 0.102. The van der Waals surface area contributed by atoms with Crippen LogP contribution in [0, 0.1) is 0 Å². The van der Waals surface area contributed by atoms with Crippen molar-refractivity contribution in [2.24, 2.45) is 0 Å². The highest BCUT2D eigenvalue weighted by Gasteiger charge is 2.14. The maximum absolute atomic E-state index is 12.3. The van der Waals surface area contributed by atoms with Crippen LogP contribution in [0.4, 0.5) is 17.3 Å². The molecule has 2 aromatic rings. The van der Waals surface area contributed by atoms with E-state index in [-0.39, 0.29) is 5.91 Å². The van der Waals surface area contributed by atoms with Crippen molar-refractivity contribution in [1.29, 1.82) is 0 Å². The summed E-state index contributed by atoms with van der Waals surface area (Å²) in [4.78, 5) is 25.4. The molecule has 26 heavy (non-hydrogen) atoms. The van der Waals surface area contributed by atoms with Crippen LogP contribution in [0.3, 0.4) is 0 Å². The number of amides is 1. The predicted octanol–water partition coefficient (Wildman–Crippen LogP) is 2.30. The van der Waals surface area contributed by atoms with Crippen molar-refractivity contribution in [2.75, 3.05) is 55.3 Å². The minimum atomic E-state index is -0.209. The molecule has 7 nitrogen and oxygen atoms in total. The molecule has 3 rings (SSSR count). The number of anilines is 3. The van der Waals surface area contributed by atoms with Crippen LogP contribution in [-0.2, 0) is 0 Å². The minimum Gasteiger partial charge on any atom is -0.369 e. The van der Waals surface area contributed by atoms with E-state index in [2.05, 4.69) is 56.5 Å². The van der Waals surface area contributed by atoms with E-state index in [0.717, 1.165) is 44.8 Å². The topological polar surface area (TPSA) is 73.4 Å². The van der Waals surface area contributed by atoms with Crippen molar-refractivity contribution in [3.8, 4) is 0 Å². The van der Waals surface area contributed by atoms with Crippen molar-refractivity contribution in [2.45, 2.75) is 13.3 Å². The number of benzene rings is 1. The number of hydrogen-bond acceptors (Lipinski definition) is 6. The van der Waals surface area contributed by atoms with Gasteiger partial charge in [0.2, 0.25) is 5.95 Å². The van der Waals surface area contributed by atoms with Gasteiger partial charge in [0.15, 0.2) is 0 Å². The van der Waals surface area contributed by atoms with Crippen LogP contribution in [-0.4, -0.2) is 60.5 Å². The first-order chi connectivity index (χ1) is 12.7. The first kappa shape index (κ1) is 18.1. The van der Waals surface area contributed by atoms with Gasteiger partial charge in [-0.25, -0.2) is 9.97 Å². The Morgan fingerprint density at radius 2 is 1.73 bits per heavy atom. The minimum absolute atomic E-state index is 0.209.